The third kappa shape index (κ3) is 3.61. The van der Waals surface area contributed by atoms with E-state index in [0.717, 1.165) is 42.7 Å². The van der Waals surface area contributed by atoms with Gasteiger partial charge >= 0.3 is 0 Å². The number of nitrogens with one attached hydrogen (secondary N) is 2. The molecule has 0 atom stereocenters. The first-order valence-electron chi connectivity index (χ1n) is 9.00. The van der Waals surface area contributed by atoms with E-state index < -0.39 is 0 Å². The van der Waals surface area contributed by atoms with Gasteiger partial charge in [0, 0.05) is 42.1 Å². The summed E-state index contributed by atoms with van der Waals surface area (Å²) in [7, 11) is 0. The first kappa shape index (κ1) is 16.4. The molecule has 1 aromatic heterocycles. The molecule has 2 aromatic carbocycles. The molecular weight excluding hydrogens is 324 g/mol. The van der Waals surface area contributed by atoms with Crippen LogP contribution in [0.5, 0.6) is 0 Å². The van der Waals surface area contributed by atoms with Gasteiger partial charge in [-0.15, -0.1) is 0 Å². The fourth-order valence-electron chi connectivity index (χ4n) is 3.44. The molecule has 0 radical (unpaired) electrons. The molecule has 0 saturated carbocycles. The summed E-state index contributed by atoms with van der Waals surface area (Å²) < 4.78 is 0. The minimum absolute atomic E-state index is 0.0802. The van der Waals surface area contributed by atoms with E-state index in [1.807, 2.05) is 42.7 Å². The van der Waals surface area contributed by atoms with Gasteiger partial charge in [0.25, 0.3) is 0 Å². The number of benzene rings is 2. The van der Waals surface area contributed by atoms with Gasteiger partial charge in [-0.25, -0.2) is 0 Å². The number of anilines is 2. The Morgan fingerprint density at radius 2 is 1.73 bits per heavy atom. The zero-order chi connectivity index (χ0) is 17.8. The van der Waals surface area contributed by atoms with Crippen LogP contribution in [-0.4, -0.2) is 29.2 Å². The van der Waals surface area contributed by atoms with Crippen molar-refractivity contribution in [2.24, 2.45) is 5.92 Å². The number of carbonyl (C=O) groups excluding carboxylic acids is 1. The van der Waals surface area contributed by atoms with Crippen molar-refractivity contribution >= 4 is 17.3 Å². The third-order valence-electron chi connectivity index (χ3n) is 4.97. The molecule has 1 aliphatic rings. The second kappa shape index (κ2) is 7.44. The summed E-state index contributed by atoms with van der Waals surface area (Å²) in [5.41, 5.74) is 4.32. The Morgan fingerprint density at radius 3 is 2.38 bits per heavy atom. The molecular formula is C21H22N4O. The van der Waals surface area contributed by atoms with Crippen LogP contribution in [0.25, 0.3) is 11.1 Å². The number of amides is 1. The maximum Gasteiger partial charge on any atom is 0.227 e. The van der Waals surface area contributed by atoms with E-state index in [4.69, 9.17) is 0 Å². The Morgan fingerprint density at radius 1 is 1.00 bits per heavy atom. The molecule has 1 aliphatic heterocycles. The molecule has 1 saturated heterocycles. The third-order valence-corrected chi connectivity index (χ3v) is 4.97. The van der Waals surface area contributed by atoms with Gasteiger partial charge in [0.15, 0.2) is 0 Å². The summed E-state index contributed by atoms with van der Waals surface area (Å²) in [6.45, 7) is 1.80. The number of hydrogen-bond donors (Lipinski definition) is 2. The molecule has 5 nitrogen and oxygen atoms in total. The summed E-state index contributed by atoms with van der Waals surface area (Å²) in [6.07, 6.45) is 5.47. The summed E-state index contributed by atoms with van der Waals surface area (Å²) in [6, 6.07) is 18.2. The lowest BCUT2D eigenvalue weighted by atomic mass is 9.95. The fraction of sp³-hybridized carbons (Fsp3) is 0.238. The van der Waals surface area contributed by atoms with Gasteiger partial charge in [-0.05, 0) is 42.7 Å². The number of hydrogen-bond acceptors (Lipinski definition) is 3. The predicted octanol–water partition coefficient (Wildman–Crippen LogP) is 3.93. The maximum atomic E-state index is 12.4. The Balaban J connectivity index is 1.34. The van der Waals surface area contributed by atoms with E-state index >= 15 is 0 Å². The summed E-state index contributed by atoms with van der Waals surface area (Å²) in [4.78, 5) is 14.8. The second-order valence-corrected chi connectivity index (χ2v) is 6.65. The molecule has 5 heteroatoms. The van der Waals surface area contributed by atoms with E-state index in [2.05, 4.69) is 44.7 Å². The molecule has 1 fully saturated rings. The monoisotopic (exact) mass is 346 g/mol. The number of piperidine rings is 1. The van der Waals surface area contributed by atoms with E-state index in [0.29, 0.717) is 0 Å². The largest absolute Gasteiger partial charge is 0.371 e. The maximum absolute atomic E-state index is 12.4. The zero-order valence-electron chi connectivity index (χ0n) is 14.6. The Labute approximate surface area is 153 Å². The molecule has 3 aromatic rings. The number of nitrogens with zero attached hydrogens (tertiary/aromatic N) is 2. The normalized spacial score (nSPS) is 15.0. The van der Waals surface area contributed by atoms with E-state index in [1.165, 1.54) is 5.69 Å². The molecule has 4 rings (SSSR count). The van der Waals surface area contributed by atoms with Crippen LogP contribution in [0.3, 0.4) is 0 Å². The van der Waals surface area contributed by atoms with Crippen LogP contribution >= 0.6 is 0 Å². The van der Waals surface area contributed by atoms with Gasteiger partial charge in [0.1, 0.15) is 0 Å². The van der Waals surface area contributed by atoms with E-state index in [9.17, 15) is 4.79 Å². The van der Waals surface area contributed by atoms with Crippen LogP contribution in [0.1, 0.15) is 12.8 Å². The SMILES string of the molecule is O=C(Nc1ccccc1)C1CCN(c2ccc(-c3cn[nH]c3)cc2)CC1. The summed E-state index contributed by atoms with van der Waals surface area (Å²) in [5, 5.41) is 9.86. The molecule has 1 amide bonds. The van der Waals surface area contributed by atoms with Crippen molar-refractivity contribution < 1.29 is 4.79 Å². The minimum atomic E-state index is 0.0802. The van der Waals surface area contributed by atoms with Crippen molar-refractivity contribution in [2.45, 2.75) is 12.8 Å². The van der Waals surface area contributed by atoms with Crippen molar-refractivity contribution in [3.8, 4) is 11.1 Å². The topological polar surface area (TPSA) is 61.0 Å². The van der Waals surface area contributed by atoms with Crippen LogP contribution in [0.2, 0.25) is 0 Å². The van der Waals surface area contributed by atoms with Gasteiger partial charge in [-0.1, -0.05) is 30.3 Å². The lowest BCUT2D eigenvalue weighted by Gasteiger charge is -2.33. The standard InChI is InChI=1S/C21H22N4O/c26-21(24-19-4-2-1-3-5-19)17-10-12-25(13-11-17)20-8-6-16(7-9-20)18-14-22-23-15-18/h1-9,14-15,17H,10-13H2,(H,22,23)(H,24,26). The predicted molar refractivity (Wildman–Crippen MR) is 104 cm³/mol. The Kier molecular flexibility index (Phi) is 4.69. The first-order valence-corrected chi connectivity index (χ1v) is 9.00. The number of rotatable bonds is 4. The molecule has 0 spiro atoms. The zero-order valence-corrected chi connectivity index (χ0v) is 14.6. The highest BCUT2D eigenvalue weighted by Crippen LogP contribution is 2.27. The van der Waals surface area contributed by atoms with E-state index in [1.54, 1.807) is 0 Å². The summed E-state index contributed by atoms with van der Waals surface area (Å²) in [5.74, 6) is 0.211. The highest BCUT2D eigenvalue weighted by Gasteiger charge is 2.25. The van der Waals surface area contributed by atoms with Crippen LogP contribution in [0.4, 0.5) is 11.4 Å². The van der Waals surface area contributed by atoms with Crippen molar-refractivity contribution in [1.29, 1.82) is 0 Å². The van der Waals surface area contributed by atoms with Crippen LogP contribution in [-0.2, 0) is 4.79 Å². The molecule has 2 N–H and O–H groups in total. The molecule has 0 unspecified atom stereocenters. The summed E-state index contributed by atoms with van der Waals surface area (Å²) >= 11 is 0. The van der Waals surface area contributed by atoms with E-state index in [-0.39, 0.29) is 11.8 Å². The van der Waals surface area contributed by atoms with Gasteiger partial charge in [0.2, 0.25) is 5.91 Å². The van der Waals surface area contributed by atoms with Gasteiger partial charge in [0.05, 0.1) is 6.20 Å². The van der Waals surface area contributed by atoms with Crippen molar-refractivity contribution in [3.05, 3.63) is 67.0 Å². The molecule has 0 aliphatic carbocycles. The second-order valence-electron chi connectivity index (χ2n) is 6.65. The molecule has 0 bridgehead atoms. The molecule has 26 heavy (non-hydrogen) atoms. The van der Waals surface area contributed by atoms with Crippen LogP contribution in [0.15, 0.2) is 67.0 Å². The van der Waals surface area contributed by atoms with Gasteiger partial charge in [-0.2, -0.15) is 5.10 Å². The van der Waals surface area contributed by atoms with Crippen molar-refractivity contribution in [2.75, 3.05) is 23.3 Å². The first-order chi connectivity index (χ1) is 12.8. The van der Waals surface area contributed by atoms with Gasteiger partial charge in [-0.3, -0.25) is 9.89 Å². The molecule has 2 heterocycles. The van der Waals surface area contributed by atoms with Crippen molar-refractivity contribution in [1.82, 2.24) is 10.2 Å². The average molecular weight is 346 g/mol. The number of H-pyrrole nitrogens is 1. The Bertz CT molecular complexity index is 835. The highest BCUT2D eigenvalue weighted by molar-refractivity contribution is 5.92. The smallest absolute Gasteiger partial charge is 0.227 e. The van der Waals surface area contributed by atoms with Gasteiger partial charge < -0.3 is 10.2 Å². The van der Waals surface area contributed by atoms with Crippen molar-refractivity contribution in [3.63, 3.8) is 0 Å². The lowest BCUT2D eigenvalue weighted by molar-refractivity contribution is -0.120. The number of aromatic amines is 1. The van der Waals surface area contributed by atoms with Crippen LogP contribution in [0, 0.1) is 5.92 Å². The Hall–Kier alpha value is -3.08. The lowest BCUT2D eigenvalue weighted by Crippen LogP contribution is -2.38. The number of carbonyl (C=O) groups is 1. The minimum Gasteiger partial charge on any atom is -0.371 e. The fourth-order valence-corrected chi connectivity index (χ4v) is 3.44. The number of aromatic nitrogens is 2. The molecule has 132 valence electrons. The highest BCUT2D eigenvalue weighted by atomic mass is 16.1. The average Bonchev–Trinajstić information content (AvgIpc) is 3.24. The number of para-hydroxylation sites is 1. The quantitative estimate of drug-likeness (QED) is 0.752. The van der Waals surface area contributed by atoms with Crippen LogP contribution < -0.4 is 10.2 Å².